The molecule has 0 radical (unpaired) electrons. The fourth-order valence-corrected chi connectivity index (χ4v) is 4.11. The largest absolute Gasteiger partial charge is 0.458 e. The second-order valence-corrected chi connectivity index (χ2v) is 7.63. The number of nitrogens with one attached hydrogen (secondary N) is 2. The molecule has 3 rings (SSSR count). The van der Waals surface area contributed by atoms with Crippen LogP contribution >= 0.6 is 0 Å². The van der Waals surface area contributed by atoms with Crippen molar-refractivity contribution in [1.29, 1.82) is 0 Å². The zero-order valence-corrected chi connectivity index (χ0v) is 16.3. The van der Waals surface area contributed by atoms with Crippen LogP contribution in [-0.4, -0.2) is 40.5 Å². The minimum absolute atomic E-state index is 0.0768. The number of hydrogen-bond donors (Lipinski definition) is 2. The van der Waals surface area contributed by atoms with Crippen molar-refractivity contribution in [2.24, 2.45) is 5.92 Å². The summed E-state index contributed by atoms with van der Waals surface area (Å²) in [6, 6.07) is 1.91. The summed E-state index contributed by atoms with van der Waals surface area (Å²) < 4.78 is 5.55. The number of amides is 1. The van der Waals surface area contributed by atoms with E-state index in [4.69, 9.17) is 4.74 Å². The molecule has 0 aromatic carbocycles. The predicted molar refractivity (Wildman–Crippen MR) is 102 cm³/mol. The lowest BCUT2D eigenvalue weighted by atomic mass is 9.85. The molecule has 2 aliphatic rings. The van der Waals surface area contributed by atoms with E-state index in [-0.39, 0.29) is 24.2 Å². The molecule has 7 heteroatoms. The van der Waals surface area contributed by atoms with E-state index in [0.717, 1.165) is 62.3 Å². The predicted octanol–water partition coefficient (Wildman–Crippen LogP) is 2.53. The molecule has 1 saturated carbocycles. The first-order valence-electron chi connectivity index (χ1n) is 10.1. The van der Waals surface area contributed by atoms with E-state index < -0.39 is 5.60 Å². The van der Waals surface area contributed by atoms with Crippen LogP contribution in [0, 0.1) is 12.8 Å². The van der Waals surface area contributed by atoms with Crippen molar-refractivity contribution in [1.82, 2.24) is 15.3 Å². The number of aromatic nitrogens is 2. The van der Waals surface area contributed by atoms with Gasteiger partial charge in [0.15, 0.2) is 0 Å². The van der Waals surface area contributed by atoms with Gasteiger partial charge in [-0.25, -0.2) is 9.97 Å². The molecule has 1 aliphatic carbocycles. The molecule has 2 fully saturated rings. The number of carbonyl (C=O) groups is 2. The number of unbranched alkanes of at least 4 members (excludes halogenated alkanes) is 1. The lowest BCUT2D eigenvalue weighted by molar-refractivity contribution is -0.149. The Kier molecular flexibility index (Phi) is 6.29. The third kappa shape index (κ3) is 4.76. The lowest BCUT2D eigenvalue weighted by Gasteiger charge is -2.27. The zero-order valence-electron chi connectivity index (χ0n) is 16.3. The van der Waals surface area contributed by atoms with Crippen LogP contribution in [0.25, 0.3) is 0 Å². The Balaban J connectivity index is 1.48. The maximum atomic E-state index is 12.6. The smallest absolute Gasteiger partial charge is 0.307 e. The van der Waals surface area contributed by atoms with Crippen molar-refractivity contribution in [3.63, 3.8) is 0 Å². The van der Waals surface area contributed by atoms with Gasteiger partial charge in [-0.15, -0.1) is 0 Å². The van der Waals surface area contributed by atoms with Gasteiger partial charge in [-0.2, -0.15) is 0 Å². The van der Waals surface area contributed by atoms with Gasteiger partial charge in [0.05, 0.1) is 12.3 Å². The summed E-state index contributed by atoms with van der Waals surface area (Å²) in [5.74, 6) is 0.968. The highest BCUT2D eigenvalue weighted by Crippen LogP contribution is 2.45. The van der Waals surface area contributed by atoms with Crippen molar-refractivity contribution in [3.05, 3.63) is 17.6 Å². The molecule has 1 spiro atoms. The second kappa shape index (κ2) is 8.67. The summed E-state index contributed by atoms with van der Waals surface area (Å²) in [6.07, 6.45) is 6.90. The Morgan fingerprint density at radius 3 is 2.81 bits per heavy atom. The number of carbonyl (C=O) groups excluding carboxylic acids is 2. The summed E-state index contributed by atoms with van der Waals surface area (Å²) in [5, 5.41) is 6.21. The summed E-state index contributed by atoms with van der Waals surface area (Å²) in [5.41, 5.74) is 0.388. The molecule has 1 aliphatic heterocycles. The summed E-state index contributed by atoms with van der Waals surface area (Å²) in [6.45, 7) is 5.16. The van der Waals surface area contributed by atoms with Crippen LogP contribution in [0.1, 0.15) is 63.4 Å². The molecular formula is C20H30N4O3. The highest BCUT2D eigenvalue weighted by Gasteiger charge is 2.53. The molecular weight excluding hydrogens is 344 g/mol. The fraction of sp³-hybridized carbons (Fsp3) is 0.700. The Morgan fingerprint density at radius 1 is 1.30 bits per heavy atom. The van der Waals surface area contributed by atoms with Crippen molar-refractivity contribution in [3.8, 4) is 0 Å². The first kappa shape index (κ1) is 19.6. The Morgan fingerprint density at radius 2 is 2.07 bits per heavy atom. The van der Waals surface area contributed by atoms with Gasteiger partial charge in [-0.1, -0.05) is 13.3 Å². The number of esters is 1. The van der Waals surface area contributed by atoms with Crippen LogP contribution in [-0.2, 0) is 20.7 Å². The van der Waals surface area contributed by atoms with Gasteiger partial charge in [0.2, 0.25) is 5.91 Å². The van der Waals surface area contributed by atoms with Crippen LogP contribution in [0.3, 0.4) is 0 Å². The van der Waals surface area contributed by atoms with Gasteiger partial charge >= 0.3 is 5.97 Å². The third-order valence-electron chi connectivity index (χ3n) is 5.47. The van der Waals surface area contributed by atoms with Crippen molar-refractivity contribution in [2.75, 3.05) is 18.4 Å². The summed E-state index contributed by atoms with van der Waals surface area (Å²) >= 11 is 0. The van der Waals surface area contributed by atoms with E-state index in [9.17, 15) is 9.59 Å². The van der Waals surface area contributed by atoms with E-state index in [2.05, 4.69) is 27.5 Å². The molecule has 27 heavy (non-hydrogen) atoms. The fourth-order valence-electron chi connectivity index (χ4n) is 4.11. The molecule has 148 valence electrons. The van der Waals surface area contributed by atoms with Crippen LogP contribution in [0.15, 0.2) is 6.07 Å². The minimum atomic E-state index is -0.549. The highest BCUT2D eigenvalue weighted by atomic mass is 16.6. The lowest BCUT2D eigenvalue weighted by Crippen LogP contribution is -2.43. The Labute approximate surface area is 160 Å². The monoisotopic (exact) mass is 374 g/mol. The third-order valence-corrected chi connectivity index (χ3v) is 5.47. The van der Waals surface area contributed by atoms with E-state index in [1.807, 2.05) is 13.0 Å². The average Bonchev–Trinajstić information content (AvgIpc) is 3.23. The van der Waals surface area contributed by atoms with E-state index in [1.165, 1.54) is 0 Å². The van der Waals surface area contributed by atoms with E-state index in [0.29, 0.717) is 13.1 Å². The number of anilines is 1. The minimum Gasteiger partial charge on any atom is -0.458 e. The molecule has 1 aromatic heterocycles. The van der Waals surface area contributed by atoms with Gasteiger partial charge < -0.3 is 15.4 Å². The maximum Gasteiger partial charge on any atom is 0.307 e. The molecule has 7 nitrogen and oxygen atoms in total. The van der Waals surface area contributed by atoms with Gasteiger partial charge in [0.25, 0.3) is 0 Å². The molecule has 1 atom stereocenters. The van der Waals surface area contributed by atoms with E-state index in [1.54, 1.807) is 0 Å². The standard InChI is InChI=1S/C20H30N4O3/c1-3-4-7-16-23-14(2)12-17(24-16)21-10-11-22-19(26)15-13-18(25)27-20(15)8-5-6-9-20/h12,15H,3-11,13H2,1-2H3,(H,22,26)(H,21,23,24)/t15-/m0/s1. The topological polar surface area (TPSA) is 93.2 Å². The number of rotatable bonds is 8. The molecule has 1 aromatic rings. The molecule has 1 amide bonds. The number of hydrogen-bond acceptors (Lipinski definition) is 6. The van der Waals surface area contributed by atoms with E-state index >= 15 is 0 Å². The van der Waals surface area contributed by atoms with Crippen LogP contribution in [0.4, 0.5) is 5.82 Å². The number of ether oxygens (including phenoxy) is 1. The molecule has 0 bridgehead atoms. The SMILES string of the molecule is CCCCc1nc(C)cc(NCCNC(=O)[C@@H]2CC(=O)OC23CCCC3)n1. The highest BCUT2D eigenvalue weighted by molar-refractivity contribution is 5.87. The zero-order chi connectivity index (χ0) is 19.3. The summed E-state index contributed by atoms with van der Waals surface area (Å²) in [4.78, 5) is 33.3. The Bertz CT molecular complexity index is 686. The number of aryl methyl sites for hydroxylation is 2. The van der Waals surface area contributed by atoms with Gasteiger partial charge in [0.1, 0.15) is 17.2 Å². The van der Waals surface area contributed by atoms with Crippen molar-refractivity contribution in [2.45, 2.75) is 70.8 Å². The van der Waals surface area contributed by atoms with Crippen molar-refractivity contribution < 1.29 is 14.3 Å². The quantitative estimate of drug-likeness (QED) is 0.536. The molecule has 2 N–H and O–H groups in total. The van der Waals surface area contributed by atoms with Gasteiger partial charge in [-0.05, 0) is 39.0 Å². The van der Waals surface area contributed by atoms with Gasteiger partial charge in [0, 0.05) is 31.3 Å². The Hall–Kier alpha value is -2.18. The first-order chi connectivity index (χ1) is 13.0. The second-order valence-electron chi connectivity index (χ2n) is 7.63. The van der Waals surface area contributed by atoms with Crippen LogP contribution in [0.5, 0.6) is 0 Å². The van der Waals surface area contributed by atoms with Crippen LogP contribution < -0.4 is 10.6 Å². The molecule has 0 unspecified atom stereocenters. The molecule has 2 heterocycles. The van der Waals surface area contributed by atoms with Crippen LogP contribution in [0.2, 0.25) is 0 Å². The normalized spacial score (nSPS) is 20.7. The number of nitrogens with zero attached hydrogens (tertiary/aromatic N) is 2. The first-order valence-corrected chi connectivity index (χ1v) is 10.1. The van der Waals surface area contributed by atoms with Crippen molar-refractivity contribution >= 4 is 17.7 Å². The summed E-state index contributed by atoms with van der Waals surface area (Å²) in [7, 11) is 0. The van der Waals surface area contributed by atoms with Gasteiger partial charge in [-0.3, -0.25) is 9.59 Å². The molecule has 1 saturated heterocycles. The maximum absolute atomic E-state index is 12.6. The average molecular weight is 374 g/mol.